The number of aryl methyl sites for hydroxylation is 1. The third-order valence-corrected chi connectivity index (χ3v) is 2.31. The van der Waals surface area contributed by atoms with Gasteiger partial charge in [-0.05, 0) is 25.0 Å². The SMILES string of the molecule is Cc1cccc(C(=N)N(C)C)c1C. The van der Waals surface area contributed by atoms with Crippen molar-refractivity contribution >= 4 is 5.84 Å². The molecule has 1 N–H and O–H groups in total. The van der Waals surface area contributed by atoms with Crippen LogP contribution in [0.2, 0.25) is 0 Å². The number of benzene rings is 1. The number of amidine groups is 1. The first-order valence-electron chi connectivity index (χ1n) is 4.36. The maximum absolute atomic E-state index is 7.85. The van der Waals surface area contributed by atoms with Gasteiger partial charge in [0.1, 0.15) is 5.84 Å². The molecule has 2 heteroatoms. The van der Waals surface area contributed by atoms with E-state index in [1.54, 1.807) is 0 Å². The lowest BCUT2D eigenvalue weighted by Gasteiger charge is -2.16. The van der Waals surface area contributed by atoms with Crippen molar-refractivity contribution in [2.75, 3.05) is 14.1 Å². The highest BCUT2D eigenvalue weighted by Gasteiger charge is 2.07. The van der Waals surface area contributed by atoms with Crippen molar-refractivity contribution in [3.8, 4) is 0 Å². The Kier molecular flexibility index (Phi) is 2.71. The molecule has 13 heavy (non-hydrogen) atoms. The molecule has 2 nitrogen and oxygen atoms in total. The van der Waals surface area contributed by atoms with E-state index in [1.807, 2.05) is 31.1 Å². The highest BCUT2D eigenvalue weighted by molar-refractivity contribution is 5.97. The van der Waals surface area contributed by atoms with Crippen LogP contribution in [-0.4, -0.2) is 24.8 Å². The van der Waals surface area contributed by atoms with Crippen LogP contribution in [0.25, 0.3) is 0 Å². The summed E-state index contributed by atoms with van der Waals surface area (Å²) in [7, 11) is 3.79. The molecule has 0 fully saturated rings. The first kappa shape index (κ1) is 9.78. The summed E-state index contributed by atoms with van der Waals surface area (Å²) >= 11 is 0. The minimum Gasteiger partial charge on any atom is -0.363 e. The van der Waals surface area contributed by atoms with Gasteiger partial charge in [0.05, 0.1) is 0 Å². The van der Waals surface area contributed by atoms with Gasteiger partial charge < -0.3 is 4.90 Å². The summed E-state index contributed by atoms with van der Waals surface area (Å²) in [5, 5.41) is 7.85. The second-order valence-corrected chi connectivity index (χ2v) is 3.49. The van der Waals surface area contributed by atoms with Crippen LogP contribution in [0.15, 0.2) is 18.2 Å². The van der Waals surface area contributed by atoms with E-state index in [0.29, 0.717) is 5.84 Å². The summed E-state index contributed by atoms with van der Waals surface area (Å²) in [6.45, 7) is 4.13. The zero-order chi connectivity index (χ0) is 10.0. The Morgan fingerprint density at radius 3 is 2.38 bits per heavy atom. The molecule has 0 saturated carbocycles. The van der Waals surface area contributed by atoms with Crippen molar-refractivity contribution in [3.05, 3.63) is 34.9 Å². The van der Waals surface area contributed by atoms with Crippen molar-refractivity contribution in [1.29, 1.82) is 5.41 Å². The van der Waals surface area contributed by atoms with Gasteiger partial charge in [0, 0.05) is 19.7 Å². The molecule has 70 valence electrons. The first-order chi connectivity index (χ1) is 6.04. The van der Waals surface area contributed by atoms with Gasteiger partial charge in [-0.25, -0.2) is 0 Å². The molecular formula is C11H16N2. The van der Waals surface area contributed by atoms with Crippen LogP contribution in [0, 0.1) is 19.3 Å². The topological polar surface area (TPSA) is 27.1 Å². The molecule has 0 aromatic heterocycles. The smallest absolute Gasteiger partial charge is 0.127 e. The Hall–Kier alpha value is -1.31. The standard InChI is InChI=1S/C11H16N2/c1-8-6-5-7-10(9(8)2)11(12)13(3)4/h5-7,12H,1-4H3. The lowest BCUT2D eigenvalue weighted by molar-refractivity contribution is 0.618. The van der Waals surface area contributed by atoms with Gasteiger partial charge in [-0.2, -0.15) is 0 Å². The monoisotopic (exact) mass is 176 g/mol. The second kappa shape index (κ2) is 3.60. The molecule has 0 bridgehead atoms. The van der Waals surface area contributed by atoms with Gasteiger partial charge >= 0.3 is 0 Å². The number of hydrogen-bond donors (Lipinski definition) is 1. The normalized spacial score (nSPS) is 9.85. The molecule has 0 aliphatic rings. The quantitative estimate of drug-likeness (QED) is 0.515. The summed E-state index contributed by atoms with van der Waals surface area (Å²) in [6, 6.07) is 6.06. The van der Waals surface area contributed by atoms with Crippen molar-refractivity contribution in [2.45, 2.75) is 13.8 Å². The fraction of sp³-hybridized carbons (Fsp3) is 0.364. The van der Waals surface area contributed by atoms with Gasteiger partial charge in [-0.15, -0.1) is 0 Å². The van der Waals surface area contributed by atoms with Crippen LogP contribution in [0.5, 0.6) is 0 Å². The molecule has 0 radical (unpaired) electrons. The minimum atomic E-state index is 0.571. The van der Waals surface area contributed by atoms with Crippen molar-refractivity contribution < 1.29 is 0 Å². The van der Waals surface area contributed by atoms with Gasteiger partial charge in [-0.1, -0.05) is 18.2 Å². The van der Waals surface area contributed by atoms with Crippen molar-refractivity contribution in [3.63, 3.8) is 0 Å². The van der Waals surface area contributed by atoms with E-state index in [-0.39, 0.29) is 0 Å². The Morgan fingerprint density at radius 1 is 1.23 bits per heavy atom. The summed E-state index contributed by atoms with van der Waals surface area (Å²) in [5.74, 6) is 0.571. The molecule has 1 rings (SSSR count). The molecule has 0 spiro atoms. The van der Waals surface area contributed by atoms with E-state index < -0.39 is 0 Å². The van der Waals surface area contributed by atoms with Gasteiger partial charge in [0.2, 0.25) is 0 Å². The fourth-order valence-corrected chi connectivity index (χ4v) is 1.25. The summed E-state index contributed by atoms with van der Waals surface area (Å²) in [6.07, 6.45) is 0. The Labute approximate surface area is 79.7 Å². The van der Waals surface area contributed by atoms with Crippen LogP contribution < -0.4 is 0 Å². The molecule has 0 aliphatic carbocycles. The molecular weight excluding hydrogens is 160 g/mol. The zero-order valence-electron chi connectivity index (χ0n) is 8.68. The number of rotatable bonds is 1. The summed E-state index contributed by atoms with van der Waals surface area (Å²) in [4.78, 5) is 1.82. The molecule has 0 atom stereocenters. The Balaban J connectivity index is 3.15. The van der Waals surface area contributed by atoms with E-state index in [0.717, 1.165) is 5.56 Å². The largest absolute Gasteiger partial charge is 0.363 e. The lowest BCUT2D eigenvalue weighted by atomic mass is 10.0. The summed E-state index contributed by atoms with van der Waals surface area (Å²) in [5.41, 5.74) is 3.45. The third-order valence-electron chi connectivity index (χ3n) is 2.31. The maximum atomic E-state index is 7.85. The van der Waals surface area contributed by atoms with E-state index in [4.69, 9.17) is 5.41 Å². The molecule has 0 unspecified atom stereocenters. The fourth-order valence-electron chi connectivity index (χ4n) is 1.25. The van der Waals surface area contributed by atoms with E-state index in [9.17, 15) is 0 Å². The zero-order valence-corrected chi connectivity index (χ0v) is 8.68. The first-order valence-corrected chi connectivity index (χ1v) is 4.36. The molecule has 0 saturated heterocycles. The average Bonchev–Trinajstić information content (AvgIpc) is 2.08. The van der Waals surface area contributed by atoms with E-state index in [1.165, 1.54) is 11.1 Å². The van der Waals surface area contributed by atoms with Gasteiger partial charge in [0.25, 0.3) is 0 Å². The maximum Gasteiger partial charge on any atom is 0.127 e. The Morgan fingerprint density at radius 2 is 1.85 bits per heavy atom. The van der Waals surface area contributed by atoms with E-state index in [2.05, 4.69) is 19.9 Å². The number of nitrogens with zero attached hydrogens (tertiary/aromatic N) is 1. The molecule has 1 aromatic rings. The predicted molar refractivity (Wildman–Crippen MR) is 56.4 cm³/mol. The van der Waals surface area contributed by atoms with Crippen LogP contribution in [0.3, 0.4) is 0 Å². The molecule has 0 heterocycles. The van der Waals surface area contributed by atoms with Crippen molar-refractivity contribution in [1.82, 2.24) is 4.90 Å². The van der Waals surface area contributed by atoms with Crippen LogP contribution in [0.1, 0.15) is 16.7 Å². The minimum absolute atomic E-state index is 0.571. The van der Waals surface area contributed by atoms with Crippen LogP contribution in [-0.2, 0) is 0 Å². The van der Waals surface area contributed by atoms with Crippen molar-refractivity contribution in [2.24, 2.45) is 0 Å². The highest BCUT2D eigenvalue weighted by Crippen LogP contribution is 2.13. The van der Waals surface area contributed by atoms with Gasteiger partial charge in [-0.3, -0.25) is 5.41 Å². The molecule has 1 aromatic carbocycles. The second-order valence-electron chi connectivity index (χ2n) is 3.49. The van der Waals surface area contributed by atoms with Crippen LogP contribution >= 0.6 is 0 Å². The predicted octanol–water partition coefficient (Wildman–Crippen LogP) is 2.19. The number of hydrogen-bond acceptors (Lipinski definition) is 1. The molecule has 0 aliphatic heterocycles. The lowest BCUT2D eigenvalue weighted by Crippen LogP contribution is -2.22. The van der Waals surface area contributed by atoms with E-state index >= 15 is 0 Å². The number of nitrogens with one attached hydrogen (secondary N) is 1. The third kappa shape index (κ3) is 1.89. The summed E-state index contributed by atoms with van der Waals surface area (Å²) < 4.78 is 0. The Bertz CT molecular complexity index is 327. The average molecular weight is 176 g/mol. The van der Waals surface area contributed by atoms with Gasteiger partial charge in [0.15, 0.2) is 0 Å². The van der Waals surface area contributed by atoms with Crippen LogP contribution in [0.4, 0.5) is 0 Å². The molecule has 0 amide bonds. The highest BCUT2D eigenvalue weighted by atomic mass is 15.1.